The fourth-order valence-electron chi connectivity index (χ4n) is 2.98. The molecule has 1 heterocycles. The summed E-state index contributed by atoms with van der Waals surface area (Å²) >= 11 is 0. The second-order valence-corrected chi connectivity index (χ2v) is 6.08. The van der Waals surface area contributed by atoms with Crippen LogP contribution in [0.1, 0.15) is 62.7 Å². The fourth-order valence-corrected chi connectivity index (χ4v) is 2.98. The van der Waals surface area contributed by atoms with Gasteiger partial charge in [-0.25, -0.2) is 0 Å². The molecule has 2 rings (SSSR count). The molecule has 1 N–H and O–H groups in total. The van der Waals surface area contributed by atoms with Crippen molar-refractivity contribution >= 4 is 0 Å². The summed E-state index contributed by atoms with van der Waals surface area (Å²) < 4.78 is 0. The number of hydrogen-bond acceptors (Lipinski definition) is 2. The molecule has 1 aliphatic heterocycles. The van der Waals surface area contributed by atoms with Crippen LogP contribution < -0.4 is 0 Å². The minimum absolute atomic E-state index is 0.331. The number of aryl methyl sites for hydroxylation is 1. The monoisotopic (exact) mass is 275 g/mol. The van der Waals surface area contributed by atoms with Crippen LogP contribution in [0, 0.1) is 0 Å². The number of rotatable bonds is 8. The van der Waals surface area contributed by atoms with E-state index in [0.717, 1.165) is 25.2 Å². The average molecular weight is 275 g/mol. The molecular formula is C18H29NO. The molecular weight excluding hydrogens is 246 g/mol. The van der Waals surface area contributed by atoms with Crippen molar-refractivity contribution in [3.63, 3.8) is 0 Å². The van der Waals surface area contributed by atoms with Gasteiger partial charge in [0, 0.05) is 6.54 Å². The molecule has 1 aliphatic rings. The number of likely N-dealkylation sites (tertiary alicyclic amines) is 1. The van der Waals surface area contributed by atoms with Crippen LogP contribution in [0.25, 0.3) is 0 Å². The molecule has 0 amide bonds. The Hall–Kier alpha value is -0.860. The molecule has 1 aromatic carbocycles. The lowest BCUT2D eigenvalue weighted by molar-refractivity contribution is 0.126. The van der Waals surface area contributed by atoms with E-state index >= 15 is 0 Å². The maximum absolute atomic E-state index is 10.3. The lowest BCUT2D eigenvalue weighted by Gasteiger charge is -2.19. The zero-order valence-corrected chi connectivity index (χ0v) is 12.9. The molecule has 1 atom stereocenters. The molecule has 0 aliphatic carbocycles. The van der Waals surface area contributed by atoms with Crippen LogP contribution in [-0.4, -0.2) is 29.6 Å². The molecule has 1 fully saturated rings. The third-order valence-corrected chi connectivity index (χ3v) is 4.31. The minimum Gasteiger partial charge on any atom is -0.387 e. The fraction of sp³-hybridized carbons (Fsp3) is 0.667. The van der Waals surface area contributed by atoms with Crippen molar-refractivity contribution in [3.05, 3.63) is 35.4 Å². The van der Waals surface area contributed by atoms with Crippen molar-refractivity contribution in [2.75, 3.05) is 19.6 Å². The number of aliphatic hydroxyl groups excluding tert-OH is 1. The second-order valence-electron chi connectivity index (χ2n) is 6.08. The minimum atomic E-state index is -0.331. The van der Waals surface area contributed by atoms with Gasteiger partial charge in [-0.15, -0.1) is 0 Å². The van der Waals surface area contributed by atoms with Gasteiger partial charge in [0.2, 0.25) is 0 Å². The summed E-state index contributed by atoms with van der Waals surface area (Å²) in [6.45, 7) is 5.32. The molecule has 0 bridgehead atoms. The van der Waals surface area contributed by atoms with E-state index in [2.05, 4.69) is 36.1 Å². The number of β-amino-alcohol motifs (C(OH)–C–C–N with tert-alkyl or cyclic N) is 1. The predicted molar refractivity (Wildman–Crippen MR) is 84.9 cm³/mol. The third kappa shape index (κ3) is 4.92. The van der Waals surface area contributed by atoms with Crippen molar-refractivity contribution in [2.45, 2.75) is 58.0 Å². The molecule has 1 saturated heterocycles. The van der Waals surface area contributed by atoms with Gasteiger partial charge >= 0.3 is 0 Å². The maximum Gasteiger partial charge on any atom is 0.0916 e. The highest BCUT2D eigenvalue weighted by Crippen LogP contribution is 2.18. The largest absolute Gasteiger partial charge is 0.387 e. The average Bonchev–Trinajstić information content (AvgIpc) is 2.97. The Morgan fingerprint density at radius 3 is 2.40 bits per heavy atom. The Morgan fingerprint density at radius 2 is 1.75 bits per heavy atom. The lowest BCUT2D eigenvalue weighted by Crippen LogP contribution is -2.25. The molecule has 20 heavy (non-hydrogen) atoms. The van der Waals surface area contributed by atoms with Crippen molar-refractivity contribution < 1.29 is 5.11 Å². The molecule has 1 unspecified atom stereocenters. The number of unbranched alkanes of at least 4 members (excludes halogenated alkanes) is 3. The number of aliphatic hydroxyl groups is 1. The first-order valence-electron chi connectivity index (χ1n) is 8.29. The molecule has 0 radical (unpaired) electrons. The van der Waals surface area contributed by atoms with Crippen LogP contribution in [0.4, 0.5) is 0 Å². The van der Waals surface area contributed by atoms with Crippen LogP contribution in [0.2, 0.25) is 0 Å². The first-order valence-corrected chi connectivity index (χ1v) is 8.29. The van der Waals surface area contributed by atoms with E-state index in [-0.39, 0.29) is 6.10 Å². The van der Waals surface area contributed by atoms with Gasteiger partial charge in [0.05, 0.1) is 6.10 Å². The van der Waals surface area contributed by atoms with Gasteiger partial charge in [0.25, 0.3) is 0 Å². The summed E-state index contributed by atoms with van der Waals surface area (Å²) in [6.07, 6.45) is 8.64. The summed E-state index contributed by atoms with van der Waals surface area (Å²) in [4.78, 5) is 2.36. The Labute approximate surface area is 123 Å². The van der Waals surface area contributed by atoms with Crippen LogP contribution in [0.15, 0.2) is 24.3 Å². The quantitative estimate of drug-likeness (QED) is 0.726. The van der Waals surface area contributed by atoms with E-state index in [1.54, 1.807) is 0 Å². The van der Waals surface area contributed by atoms with Crippen LogP contribution in [0.3, 0.4) is 0 Å². The molecule has 112 valence electrons. The SMILES string of the molecule is CCCCCCc1ccc(C(O)CN2CCCC2)cc1. The first kappa shape index (κ1) is 15.5. The smallest absolute Gasteiger partial charge is 0.0916 e. The molecule has 0 saturated carbocycles. The van der Waals surface area contributed by atoms with Crippen molar-refractivity contribution in [1.29, 1.82) is 0 Å². The Bertz CT molecular complexity index is 368. The van der Waals surface area contributed by atoms with E-state index in [1.807, 2.05) is 0 Å². The molecule has 0 spiro atoms. The number of nitrogens with zero attached hydrogens (tertiary/aromatic N) is 1. The van der Waals surface area contributed by atoms with E-state index in [9.17, 15) is 5.11 Å². The highest BCUT2D eigenvalue weighted by atomic mass is 16.3. The summed E-state index contributed by atoms with van der Waals surface area (Å²) in [6, 6.07) is 8.59. The summed E-state index contributed by atoms with van der Waals surface area (Å²) in [7, 11) is 0. The zero-order valence-electron chi connectivity index (χ0n) is 12.9. The predicted octanol–water partition coefficient (Wildman–Crippen LogP) is 3.94. The second kappa shape index (κ2) is 8.43. The third-order valence-electron chi connectivity index (χ3n) is 4.31. The molecule has 2 nitrogen and oxygen atoms in total. The number of benzene rings is 1. The summed E-state index contributed by atoms with van der Waals surface area (Å²) in [5.74, 6) is 0. The van der Waals surface area contributed by atoms with E-state index < -0.39 is 0 Å². The van der Waals surface area contributed by atoms with Gasteiger partial charge in [-0.05, 0) is 49.9 Å². The zero-order chi connectivity index (χ0) is 14.2. The van der Waals surface area contributed by atoms with Crippen LogP contribution in [0.5, 0.6) is 0 Å². The van der Waals surface area contributed by atoms with E-state index in [0.29, 0.717) is 0 Å². The highest BCUT2D eigenvalue weighted by Gasteiger charge is 2.16. The van der Waals surface area contributed by atoms with Crippen molar-refractivity contribution in [1.82, 2.24) is 4.90 Å². The Morgan fingerprint density at radius 1 is 1.05 bits per heavy atom. The van der Waals surface area contributed by atoms with Crippen molar-refractivity contribution in [2.24, 2.45) is 0 Å². The normalized spacial score (nSPS) is 17.5. The molecule has 1 aromatic rings. The summed E-state index contributed by atoms with van der Waals surface area (Å²) in [5.41, 5.74) is 2.47. The highest BCUT2D eigenvalue weighted by molar-refractivity contribution is 5.24. The van der Waals surface area contributed by atoms with Gasteiger partial charge in [-0.2, -0.15) is 0 Å². The lowest BCUT2D eigenvalue weighted by atomic mass is 10.0. The summed E-state index contributed by atoms with van der Waals surface area (Å²) in [5, 5.41) is 10.3. The van der Waals surface area contributed by atoms with Gasteiger partial charge in [0.1, 0.15) is 0 Å². The topological polar surface area (TPSA) is 23.5 Å². The molecule has 0 aromatic heterocycles. The van der Waals surface area contributed by atoms with E-state index in [1.165, 1.54) is 50.5 Å². The van der Waals surface area contributed by atoms with Gasteiger partial charge in [-0.1, -0.05) is 50.5 Å². The van der Waals surface area contributed by atoms with E-state index in [4.69, 9.17) is 0 Å². The van der Waals surface area contributed by atoms with Gasteiger partial charge in [-0.3, -0.25) is 0 Å². The maximum atomic E-state index is 10.3. The number of hydrogen-bond donors (Lipinski definition) is 1. The van der Waals surface area contributed by atoms with Crippen molar-refractivity contribution in [3.8, 4) is 0 Å². The standard InChI is InChI=1S/C18H29NO/c1-2-3-4-5-8-16-9-11-17(12-10-16)18(20)15-19-13-6-7-14-19/h9-12,18,20H,2-8,13-15H2,1H3. The molecule has 2 heteroatoms. The van der Waals surface area contributed by atoms with Crippen LogP contribution in [-0.2, 0) is 6.42 Å². The van der Waals surface area contributed by atoms with Gasteiger partial charge < -0.3 is 10.0 Å². The Balaban J connectivity index is 1.77. The van der Waals surface area contributed by atoms with Gasteiger partial charge in [0.15, 0.2) is 0 Å². The Kier molecular flexibility index (Phi) is 6.55. The van der Waals surface area contributed by atoms with Crippen LogP contribution >= 0.6 is 0 Å². The first-order chi connectivity index (χ1) is 9.79.